The Bertz CT molecular complexity index is 441. The number of carbonyl (C=O) groups is 1. The summed E-state index contributed by atoms with van der Waals surface area (Å²) in [7, 11) is 0. The number of aliphatic hydroxyl groups excluding tert-OH is 1. The number of nitrogens with zero attached hydrogens (tertiary/aromatic N) is 1. The predicted molar refractivity (Wildman–Crippen MR) is 81.7 cm³/mol. The molecule has 1 heterocycles. The second-order valence-electron chi connectivity index (χ2n) is 5.75. The van der Waals surface area contributed by atoms with Gasteiger partial charge in [0.25, 0.3) is 0 Å². The number of unbranched alkanes of at least 4 members (excludes halogenated alkanes) is 2. The van der Waals surface area contributed by atoms with Crippen molar-refractivity contribution in [2.75, 3.05) is 4.90 Å². The van der Waals surface area contributed by atoms with Crippen LogP contribution in [0.25, 0.3) is 0 Å². The number of aliphatic hydroxyl groups is 1. The Morgan fingerprint density at radius 3 is 2.55 bits per heavy atom. The van der Waals surface area contributed by atoms with Gasteiger partial charge >= 0.3 is 0 Å². The molecule has 0 radical (unpaired) electrons. The van der Waals surface area contributed by atoms with E-state index in [0.717, 1.165) is 36.9 Å². The molecular formula is C17H25NO2. The normalized spacial score (nSPS) is 20.4. The number of rotatable bonds is 6. The number of anilines is 1. The highest BCUT2D eigenvalue weighted by molar-refractivity contribution is 5.96. The zero-order chi connectivity index (χ0) is 14.5. The van der Waals surface area contributed by atoms with E-state index < -0.39 is 0 Å². The minimum Gasteiger partial charge on any atom is -0.388 e. The van der Waals surface area contributed by atoms with Gasteiger partial charge in [-0.3, -0.25) is 4.79 Å². The molecule has 0 aromatic heterocycles. The van der Waals surface area contributed by atoms with E-state index in [1.807, 2.05) is 29.2 Å². The van der Waals surface area contributed by atoms with Crippen LogP contribution in [0.4, 0.5) is 5.69 Å². The number of carbonyl (C=O) groups excluding carboxylic acids is 1. The smallest absolute Gasteiger partial charge is 0.227 e. The minimum atomic E-state index is -0.387. The molecule has 1 aliphatic rings. The fourth-order valence-electron chi connectivity index (χ4n) is 2.84. The summed E-state index contributed by atoms with van der Waals surface area (Å²) in [6.45, 7) is 4.24. The van der Waals surface area contributed by atoms with Gasteiger partial charge in [0.05, 0.1) is 6.10 Å². The van der Waals surface area contributed by atoms with Crippen LogP contribution in [0.3, 0.4) is 0 Å². The van der Waals surface area contributed by atoms with E-state index in [9.17, 15) is 9.90 Å². The number of amides is 1. The van der Waals surface area contributed by atoms with Crippen molar-refractivity contribution >= 4 is 11.6 Å². The van der Waals surface area contributed by atoms with Gasteiger partial charge in [0.15, 0.2) is 0 Å². The summed E-state index contributed by atoms with van der Waals surface area (Å²) in [5.41, 5.74) is 1.90. The average Bonchev–Trinajstić information content (AvgIpc) is 2.78. The van der Waals surface area contributed by atoms with Crippen LogP contribution in [0.15, 0.2) is 24.3 Å². The van der Waals surface area contributed by atoms with Gasteiger partial charge in [0, 0.05) is 18.2 Å². The van der Waals surface area contributed by atoms with Crippen molar-refractivity contribution in [3.05, 3.63) is 29.8 Å². The molecule has 1 aromatic rings. The van der Waals surface area contributed by atoms with Gasteiger partial charge in [-0.05, 0) is 37.5 Å². The van der Waals surface area contributed by atoms with Crippen molar-refractivity contribution in [2.24, 2.45) is 0 Å². The molecule has 0 bridgehead atoms. The summed E-state index contributed by atoms with van der Waals surface area (Å²) in [4.78, 5) is 13.7. The van der Waals surface area contributed by atoms with Crippen molar-refractivity contribution in [1.29, 1.82) is 0 Å². The Balaban J connectivity index is 2.00. The quantitative estimate of drug-likeness (QED) is 0.802. The molecule has 1 fully saturated rings. The van der Waals surface area contributed by atoms with Gasteiger partial charge in [-0.2, -0.15) is 0 Å². The van der Waals surface area contributed by atoms with Crippen molar-refractivity contribution in [1.82, 2.24) is 0 Å². The van der Waals surface area contributed by atoms with Crippen LogP contribution in [0.2, 0.25) is 0 Å². The molecule has 110 valence electrons. The van der Waals surface area contributed by atoms with Crippen LogP contribution in [0.5, 0.6) is 0 Å². The van der Waals surface area contributed by atoms with E-state index in [-0.39, 0.29) is 18.1 Å². The lowest BCUT2D eigenvalue weighted by Crippen LogP contribution is -2.30. The standard InChI is InChI=1S/C17H25NO2/c1-3-4-5-6-16(19)14-8-10-15(11-9-14)18-13(2)7-12-17(18)20/h8-11,13,16,19H,3-7,12H2,1-2H3/t13-,16?/m0/s1. The third kappa shape index (κ3) is 3.40. The molecule has 3 heteroatoms. The Morgan fingerprint density at radius 1 is 1.30 bits per heavy atom. The summed E-state index contributed by atoms with van der Waals surface area (Å²) >= 11 is 0. The van der Waals surface area contributed by atoms with Crippen molar-refractivity contribution in [2.45, 2.75) is 64.5 Å². The molecule has 20 heavy (non-hydrogen) atoms. The first-order chi connectivity index (χ1) is 9.63. The monoisotopic (exact) mass is 275 g/mol. The largest absolute Gasteiger partial charge is 0.388 e. The van der Waals surface area contributed by atoms with Gasteiger partial charge in [0.1, 0.15) is 0 Å². The van der Waals surface area contributed by atoms with E-state index in [2.05, 4.69) is 13.8 Å². The number of hydrogen-bond donors (Lipinski definition) is 1. The summed E-state index contributed by atoms with van der Waals surface area (Å²) in [5, 5.41) is 10.1. The molecule has 0 aliphatic carbocycles. The van der Waals surface area contributed by atoms with Crippen molar-refractivity contribution in [3.63, 3.8) is 0 Å². The summed E-state index contributed by atoms with van der Waals surface area (Å²) in [6.07, 6.45) is 5.38. The zero-order valence-electron chi connectivity index (χ0n) is 12.5. The number of benzene rings is 1. The Hall–Kier alpha value is -1.35. The van der Waals surface area contributed by atoms with Crippen LogP contribution < -0.4 is 4.90 Å². The topological polar surface area (TPSA) is 40.5 Å². The van der Waals surface area contributed by atoms with Crippen LogP contribution in [-0.4, -0.2) is 17.1 Å². The molecule has 3 nitrogen and oxygen atoms in total. The molecule has 1 unspecified atom stereocenters. The van der Waals surface area contributed by atoms with Gasteiger partial charge in [-0.15, -0.1) is 0 Å². The highest BCUT2D eigenvalue weighted by atomic mass is 16.3. The van der Waals surface area contributed by atoms with Crippen molar-refractivity contribution < 1.29 is 9.90 Å². The lowest BCUT2D eigenvalue weighted by Gasteiger charge is -2.22. The summed E-state index contributed by atoms with van der Waals surface area (Å²) in [6, 6.07) is 8.09. The molecule has 1 N–H and O–H groups in total. The van der Waals surface area contributed by atoms with Gasteiger partial charge in [0.2, 0.25) is 5.91 Å². The second kappa shape index (κ2) is 6.89. The molecule has 1 aliphatic heterocycles. The van der Waals surface area contributed by atoms with Crippen LogP contribution in [-0.2, 0) is 4.79 Å². The molecular weight excluding hydrogens is 250 g/mol. The minimum absolute atomic E-state index is 0.203. The predicted octanol–water partition coefficient (Wildman–Crippen LogP) is 3.82. The maximum Gasteiger partial charge on any atom is 0.227 e. The van der Waals surface area contributed by atoms with Crippen LogP contribution in [0, 0.1) is 0 Å². The summed E-state index contributed by atoms with van der Waals surface area (Å²) in [5.74, 6) is 0.203. The molecule has 2 rings (SSSR count). The lowest BCUT2D eigenvalue weighted by molar-refractivity contribution is -0.117. The zero-order valence-corrected chi connectivity index (χ0v) is 12.5. The average molecular weight is 275 g/mol. The SMILES string of the molecule is CCCCCC(O)c1ccc(N2C(=O)CC[C@@H]2C)cc1. The lowest BCUT2D eigenvalue weighted by atomic mass is 10.0. The molecule has 1 aromatic carbocycles. The van der Waals surface area contributed by atoms with Crippen LogP contribution in [0.1, 0.15) is 64.0 Å². The fourth-order valence-corrected chi connectivity index (χ4v) is 2.84. The molecule has 1 saturated heterocycles. The van der Waals surface area contributed by atoms with Crippen molar-refractivity contribution in [3.8, 4) is 0 Å². The maximum atomic E-state index is 11.9. The highest BCUT2D eigenvalue weighted by Gasteiger charge is 2.28. The Labute approximate surface area is 121 Å². The first-order valence-corrected chi connectivity index (χ1v) is 7.73. The fraction of sp³-hybridized carbons (Fsp3) is 0.588. The van der Waals surface area contributed by atoms with E-state index >= 15 is 0 Å². The van der Waals surface area contributed by atoms with Crippen LogP contribution >= 0.6 is 0 Å². The number of hydrogen-bond acceptors (Lipinski definition) is 2. The third-order valence-electron chi connectivity index (χ3n) is 4.12. The van der Waals surface area contributed by atoms with Gasteiger partial charge in [-0.25, -0.2) is 0 Å². The maximum absolute atomic E-state index is 11.9. The van der Waals surface area contributed by atoms with E-state index in [1.165, 1.54) is 6.42 Å². The van der Waals surface area contributed by atoms with Gasteiger partial charge < -0.3 is 10.0 Å². The first-order valence-electron chi connectivity index (χ1n) is 7.73. The highest BCUT2D eigenvalue weighted by Crippen LogP contribution is 2.28. The molecule has 2 atom stereocenters. The molecule has 0 spiro atoms. The third-order valence-corrected chi connectivity index (χ3v) is 4.12. The van der Waals surface area contributed by atoms with E-state index in [1.54, 1.807) is 0 Å². The van der Waals surface area contributed by atoms with E-state index in [4.69, 9.17) is 0 Å². The molecule has 0 saturated carbocycles. The first kappa shape index (κ1) is 15.0. The Morgan fingerprint density at radius 2 is 2.00 bits per heavy atom. The Kier molecular flexibility index (Phi) is 5.18. The summed E-state index contributed by atoms with van der Waals surface area (Å²) < 4.78 is 0. The van der Waals surface area contributed by atoms with Gasteiger partial charge in [-0.1, -0.05) is 38.3 Å². The second-order valence-corrected chi connectivity index (χ2v) is 5.75. The molecule has 1 amide bonds. The van der Waals surface area contributed by atoms with E-state index in [0.29, 0.717) is 6.42 Å².